The first kappa shape index (κ1) is 23.1. The smallest absolute Gasteiger partial charge is 0.319 e. The number of methoxy groups -OCH3 is 2. The number of carbonyl (C=O) groups excluding carboxylic acids is 1. The van der Waals surface area contributed by atoms with Gasteiger partial charge in [0, 0.05) is 26.3 Å². The summed E-state index contributed by atoms with van der Waals surface area (Å²) in [4.78, 5) is 12.4. The van der Waals surface area contributed by atoms with Crippen molar-refractivity contribution < 1.29 is 19.0 Å². The Labute approximate surface area is 188 Å². The van der Waals surface area contributed by atoms with Crippen LogP contribution < -0.4 is 25.4 Å². The van der Waals surface area contributed by atoms with Gasteiger partial charge in [-0.1, -0.05) is 60.7 Å². The van der Waals surface area contributed by atoms with Crippen LogP contribution in [0.5, 0.6) is 11.5 Å². The second kappa shape index (κ2) is 12.3. The number of hydrogen-bond acceptors (Lipinski definition) is 5. The fourth-order valence-electron chi connectivity index (χ4n) is 3.26. The van der Waals surface area contributed by atoms with Gasteiger partial charge in [0.2, 0.25) is 0 Å². The maximum atomic E-state index is 12.4. The Kier molecular flexibility index (Phi) is 8.92. The maximum Gasteiger partial charge on any atom is 0.319 e. The number of amides is 2. The van der Waals surface area contributed by atoms with Gasteiger partial charge < -0.3 is 30.2 Å². The molecule has 3 N–H and O–H groups in total. The maximum absolute atomic E-state index is 12.4. The highest BCUT2D eigenvalue weighted by Gasteiger charge is 2.13. The summed E-state index contributed by atoms with van der Waals surface area (Å²) in [5, 5.41) is 9.20. The predicted molar refractivity (Wildman–Crippen MR) is 125 cm³/mol. The lowest BCUT2D eigenvalue weighted by Crippen LogP contribution is -2.36. The fourth-order valence-corrected chi connectivity index (χ4v) is 3.26. The standard InChI is InChI=1S/C25H29N3O4/c1-30-18-32-23-14-13-21(31-2)17-22(23)28-25(29)27-16-15-26-24(19-9-5-3-6-10-19)20-11-7-4-8-12-20/h3-14,17,24,26H,15-16,18H2,1-2H3,(H2,27,28,29). The van der Waals surface area contributed by atoms with Crippen LogP contribution in [0.4, 0.5) is 10.5 Å². The van der Waals surface area contributed by atoms with E-state index in [0.29, 0.717) is 30.3 Å². The highest BCUT2D eigenvalue weighted by molar-refractivity contribution is 5.91. The molecule has 0 spiro atoms. The molecule has 3 aromatic rings. The van der Waals surface area contributed by atoms with E-state index in [1.807, 2.05) is 36.4 Å². The molecular weight excluding hydrogens is 406 g/mol. The predicted octanol–water partition coefficient (Wildman–Crippen LogP) is 4.18. The van der Waals surface area contributed by atoms with Crippen LogP contribution in [0, 0.1) is 0 Å². The fraction of sp³-hybridized carbons (Fsp3) is 0.240. The quantitative estimate of drug-likeness (QED) is 0.311. The van der Waals surface area contributed by atoms with Gasteiger partial charge in [-0.2, -0.15) is 0 Å². The van der Waals surface area contributed by atoms with Gasteiger partial charge in [-0.25, -0.2) is 4.79 Å². The van der Waals surface area contributed by atoms with Crippen LogP contribution in [0.1, 0.15) is 17.2 Å². The van der Waals surface area contributed by atoms with Crippen molar-refractivity contribution in [2.75, 3.05) is 39.4 Å². The van der Waals surface area contributed by atoms with E-state index in [0.717, 1.165) is 0 Å². The van der Waals surface area contributed by atoms with Gasteiger partial charge in [-0.05, 0) is 23.3 Å². The van der Waals surface area contributed by atoms with Gasteiger partial charge in [0.15, 0.2) is 6.79 Å². The number of benzene rings is 3. The molecular formula is C25H29N3O4. The second-order valence-electron chi connectivity index (χ2n) is 7.00. The number of anilines is 1. The van der Waals surface area contributed by atoms with E-state index in [-0.39, 0.29) is 18.9 Å². The van der Waals surface area contributed by atoms with E-state index < -0.39 is 0 Å². The van der Waals surface area contributed by atoms with Gasteiger partial charge in [0.05, 0.1) is 18.8 Å². The third kappa shape index (κ3) is 6.73. The summed E-state index contributed by atoms with van der Waals surface area (Å²) in [5.41, 5.74) is 2.83. The molecule has 0 heterocycles. The molecule has 32 heavy (non-hydrogen) atoms. The van der Waals surface area contributed by atoms with Crippen molar-refractivity contribution in [2.24, 2.45) is 0 Å². The zero-order chi connectivity index (χ0) is 22.6. The Morgan fingerprint density at radius 1 is 0.875 bits per heavy atom. The van der Waals surface area contributed by atoms with E-state index >= 15 is 0 Å². The molecule has 0 aliphatic rings. The third-order valence-corrected chi connectivity index (χ3v) is 4.79. The number of nitrogens with one attached hydrogen (secondary N) is 3. The Bertz CT molecular complexity index is 928. The van der Waals surface area contributed by atoms with Crippen molar-refractivity contribution in [1.29, 1.82) is 0 Å². The highest BCUT2D eigenvalue weighted by Crippen LogP contribution is 2.29. The first-order valence-electron chi connectivity index (χ1n) is 10.4. The Morgan fingerprint density at radius 3 is 2.12 bits per heavy atom. The van der Waals surface area contributed by atoms with Gasteiger partial charge in [0.25, 0.3) is 0 Å². The zero-order valence-corrected chi connectivity index (χ0v) is 18.3. The summed E-state index contributed by atoms with van der Waals surface area (Å²) in [7, 11) is 3.10. The molecule has 0 aliphatic carbocycles. The third-order valence-electron chi connectivity index (χ3n) is 4.79. The van der Waals surface area contributed by atoms with Gasteiger partial charge >= 0.3 is 6.03 Å². The van der Waals surface area contributed by atoms with E-state index in [4.69, 9.17) is 14.2 Å². The molecule has 0 aromatic heterocycles. The van der Waals surface area contributed by atoms with Crippen LogP contribution in [-0.2, 0) is 4.74 Å². The minimum absolute atomic E-state index is 0.0368. The van der Waals surface area contributed by atoms with Gasteiger partial charge in [-0.15, -0.1) is 0 Å². The molecule has 3 aromatic carbocycles. The molecule has 0 fully saturated rings. The molecule has 0 saturated carbocycles. The van der Waals surface area contributed by atoms with Gasteiger partial charge in [0.1, 0.15) is 11.5 Å². The average molecular weight is 436 g/mol. The molecule has 0 aliphatic heterocycles. The summed E-state index contributed by atoms with van der Waals surface area (Å²) in [5.74, 6) is 1.11. The zero-order valence-electron chi connectivity index (χ0n) is 18.3. The topological polar surface area (TPSA) is 80.8 Å². The average Bonchev–Trinajstić information content (AvgIpc) is 2.84. The second-order valence-corrected chi connectivity index (χ2v) is 7.00. The number of ether oxygens (including phenoxy) is 3. The number of hydrogen-bond donors (Lipinski definition) is 3. The molecule has 168 valence electrons. The molecule has 0 saturated heterocycles. The van der Waals surface area contributed by atoms with Crippen molar-refractivity contribution in [3.8, 4) is 11.5 Å². The Balaban J connectivity index is 1.56. The summed E-state index contributed by atoms with van der Waals surface area (Å²) in [6.45, 7) is 1.11. The lowest BCUT2D eigenvalue weighted by Gasteiger charge is -2.20. The molecule has 7 heteroatoms. The van der Waals surface area contributed by atoms with Crippen molar-refractivity contribution in [1.82, 2.24) is 10.6 Å². The molecule has 0 atom stereocenters. The van der Waals surface area contributed by atoms with E-state index in [1.165, 1.54) is 18.2 Å². The largest absolute Gasteiger partial charge is 0.497 e. The normalized spacial score (nSPS) is 10.6. The van der Waals surface area contributed by atoms with Crippen LogP contribution in [0.3, 0.4) is 0 Å². The number of carbonyl (C=O) groups is 1. The molecule has 2 amide bonds. The lowest BCUT2D eigenvalue weighted by atomic mass is 9.99. The van der Waals surface area contributed by atoms with Crippen molar-refractivity contribution in [3.63, 3.8) is 0 Å². The van der Waals surface area contributed by atoms with Crippen molar-refractivity contribution in [2.45, 2.75) is 6.04 Å². The number of rotatable bonds is 11. The summed E-state index contributed by atoms with van der Waals surface area (Å²) >= 11 is 0. The van der Waals surface area contributed by atoms with E-state index in [2.05, 4.69) is 40.2 Å². The highest BCUT2D eigenvalue weighted by atomic mass is 16.7. The van der Waals surface area contributed by atoms with Crippen molar-refractivity contribution in [3.05, 3.63) is 90.0 Å². The van der Waals surface area contributed by atoms with Crippen LogP contribution >= 0.6 is 0 Å². The first-order chi connectivity index (χ1) is 15.7. The minimum atomic E-state index is -0.335. The Morgan fingerprint density at radius 2 is 1.53 bits per heavy atom. The van der Waals surface area contributed by atoms with Crippen LogP contribution in [-0.4, -0.2) is 40.1 Å². The van der Waals surface area contributed by atoms with Crippen LogP contribution in [0.2, 0.25) is 0 Å². The molecule has 0 bridgehead atoms. The van der Waals surface area contributed by atoms with E-state index in [9.17, 15) is 4.79 Å². The van der Waals surface area contributed by atoms with Crippen LogP contribution in [0.15, 0.2) is 78.9 Å². The first-order valence-corrected chi connectivity index (χ1v) is 10.4. The summed E-state index contributed by atoms with van der Waals surface area (Å²) in [6.07, 6.45) is 0. The van der Waals surface area contributed by atoms with Crippen molar-refractivity contribution >= 4 is 11.7 Å². The lowest BCUT2D eigenvalue weighted by molar-refractivity contribution is 0.0516. The summed E-state index contributed by atoms with van der Waals surface area (Å²) < 4.78 is 15.7. The van der Waals surface area contributed by atoms with E-state index in [1.54, 1.807) is 25.3 Å². The molecule has 3 rings (SSSR count). The van der Waals surface area contributed by atoms with Gasteiger partial charge in [-0.3, -0.25) is 0 Å². The SMILES string of the molecule is COCOc1ccc(OC)cc1NC(=O)NCCNC(c1ccccc1)c1ccccc1. The molecule has 0 unspecified atom stereocenters. The molecule has 0 radical (unpaired) electrons. The Hall–Kier alpha value is -3.55. The minimum Gasteiger partial charge on any atom is -0.497 e. The summed E-state index contributed by atoms with van der Waals surface area (Å²) in [6, 6.07) is 25.3. The monoisotopic (exact) mass is 435 g/mol. The molecule has 7 nitrogen and oxygen atoms in total. The van der Waals surface area contributed by atoms with Crippen LogP contribution in [0.25, 0.3) is 0 Å². The number of urea groups is 1.